The molecule has 0 radical (unpaired) electrons. The number of rotatable bonds is 5. The lowest BCUT2D eigenvalue weighted by Gasteiger charge is -2.27. The molecule has 0 N–H and O–H groups in total. The molecule has 0 bridgehead atoms. The normalized spacial score (nSPS) is 13.0. The number of fused-ring (bicyclic) bond motifs is 1. The molecule has 4 rings (SSSR count). The highest BCUT2D eigenvalue weighted by molar-refractivity contribution is 6.30. The average molecular weight is 429 g/mol. The van der Waals surface area contributed by atoms with E-state index in [0.717, 1.165) is 16.8 Å². The predicted octanol–water partition coefficient (Wildman–Crippen LogP) is 4.22. The third-order valence-electron chi connectivity index (χ3n) is 5.14. The van der Waals surface area contributed by atoms with Crippen LogP contribution in [0.3, 0.4) is 0 Å². The first kappa shape index (κ1) is 20.1. The van der Waals surface area contributed by atoms with E-state index in [9.17, 15) is 4.79 Å². The van der Waals surface area contributed by atoms with Crippen molar-refractivity contribution in [2.75, 3.05) is 27.9 Å². The van der Waals surface area contributed by atoms with Gasteiger partial charge in [0.05, 0.1) is 33.6 Å². The number of hydrogen-bond acceptors (Lipinski definition) is 6. The van der Waals surface area contributed by atoms with Gasteiger partial charge in [0.1, 0.15) is 0 Å². The van der Waals surface area contributed by atoms with Crippen molar-refractivity contribution in [3.8, 4) is 28.6 Å². The van der Waals surface area contributed by atoms with Gasteiger partial charge in [0, 0.05) is 34.7 Å². The number of hydrogen-bond donors (Lipinski definition) is 0. The molecule has 1 aliphatic rings. The largest absolute Gasteiger partial charge is 0.493 e. The van der Waals surface area contributed by atoms with Crippen molar-refractivity contribution in [2.45, 2.75) is 13.0 Å². The Balaban J connectivity index is 1.64. The van der Waals surface area contributed by atoms with Gasteiger partial charge in [0.15, 0.2) is 17.3 Å². The Labute approximate surface area is 179 Å². The lowest BCUT2D eigenvalue weighted by Crippen LogP contribution is -2.36. The van der Waals surface area contributed by atoms with Crippen molar-refractivity contribution in [1.82, 2.24) is 10.1 Å². The van der Waals surface area contributed by atoms with Gasteiger partial charge in [-0.15, -0.1) is 0 Å². The van der Waals surface area contributed by atoms with E-state index in [1.807, 2.05) is 12.1 Å². The SMILES string of the molecule is COc1cc(C(=O)N2CCc3noc(-c4ccc(Cl)cc4)c3C2)cc(OC)c1OC. The molecular weight excluding hydrogens is 408 g/mol. The van der Waals surface area contributed by atoms with Crippen LogP contribution >= 0.6 is 11.6 Å². The van der Waals surface area contributed by atoms with E-state index in [2.05, 4.69) is 5.16 Å². The van der Waals surface area contributed by atoms with E-state index in [1.165, 1.54) is 21.3 Å². The van der Waals surface area contributed by atoms with Gasteiger partial charge in [-0.1, -0.05) is 16.8 Å². The van der Waals surface area contributed by atoms with Crippen LogP contribution in [0, 0.1) is 0 Å². The average Bonchev–Trinajstić information content (AvgIpc) is 3.21. The molecule has 8 heteroatoms. The second-order valence-corrected chi connectivity index (χ2v) is 7.27. The molecule has 7 nitrogen and oxygen atoms in total. The number of amides is 1. The topological polar surface area (TPSA) is 74.0 Å². The van der Waals surface area contributed by atoms with E-state index in [4.69, 9.17) is 30.3 Å². The van der Waals surface area contributed by atoms with E-state index >= 15 is 0 Å². The second kappa shape index (κ2) is 8.28. The maximum Gasteiger partial charge on any atom is 0.254 e. The van der Waals surface area contributed by atoms with Crippen LogP contribution in [0.5, 0.6) is 17.2 Å². The van der Waals surface area contributed by atoms with Gasteiger partial charge in [-0.2, -0.15) is 0 Å². The fraction of sp³-hybridized carbons (Fsp3) is 0.273. The van der Waals surface area contributed by atoms with E-state index in [0.29, 0.717) is 53.1 Å². The Morgan fingerprint density at radius 1 is 1.07 bits per heavy atom. The minimum atomic E-state index is -0.136. The summed E-state index contributed by atoms with van der Waals surface area (Å²) < 4.78 is 21.7. The van der Waals surface area contributed by atoms with E-state index in [1.54, 1.807) is 29.2 Å². The van der Waals surface area contributed by atoms with Crippen LogP contribution in [-0.2, 0) is 13.0 Å². The summed E-state index contributed by atoms with van der Waals surface area (Å²) in [6, 6.07) is 10.7. The first-order valence-corrected chi connectivity index (χ1v) is 9.76. The summed E-state index contributed by atoms with van der Waals surface area (Å²) in [6.45, 7) is 0.932. The van der Waals surface area contributed by atoms with E-state index < -0.39 is 0 Å². The molecule has 156 valence electrons. The molecule has 0 saturated heterocycles. The van der Waals surface area contributed by atoms with Crippen molar-refractivity contribution in [3.05, 3.63) is 58.2 Å². The fourth-order valence-electron chi connectivity index (χ4n) is 3.60. The number of halogens is 1. The van der Waals surface area contributed by atoms with Gasteiger partial charge in [0.25, 0.3) is 5.91 Å². The maximum absolute atomic E-state index is 13.3. The van der Waals surface area contributed by atoms with Crippen molar-refractivity contribution in [2.24, 2.45) is 0 Å². The highest BCUT2D eigenvalue weighted by Crippen LogP contribution is 2.39. The molecule has 0 saturated carbocycles. The molecule has 1 aliphatic heterocycles. The number of nitrogens with zero attached hydrogens (tertiary/aromatic N) is 2. The number of ether oxygens (including phenoxy) is 3. The number of methoxy groups -OCH3 is 3. The van der Waals surface area contributed by atoms with Crippen LogP contribution in [0.2, 0.25) is 5.02 Å². The third kappa shape index (κ3) is 3.57. The second-order valence-electron chi connectivity index (χ2n) is 6.83. The summed E-state index contributed by atoms with van der Waals surface area (Å²) in [5.74, 6) is 1.84. The molecule has 0 fully saturated rings. The van der Waals surface area contributed by atoms with E-state index in [-0.39, 0.29) is 5.91 Å². The van der Waals surface area contributed by atoms with Crippen LogP contribution in [0.1, 0.15) is 21.6 Å². The Hall–Kier alpha value is -3.19. The molecule has 0 spiro atoms. The molecule has 3 aromatic rings. The Bertz CT molecular complexity index is 1050. The zero-order valence-corrected chi connectivity index (χ0v) is 17.7. The molecule has 1 amide bonds. The van der Waals surface area contributed by atoms with Crippen molar-refractivity contribution in [3.63, 3.8) is 0 Å². The summed E-state index contributed by atoms with van der Waals surface area (Å²) >= 11 is 5.99. The number of aromatic nitrogens is 1. The molecule has 0 unspecified atom stereocenters. The number of carbonyl (C=O) groups excluding carboxylic acids is 1. The summed E-state index contributed by atoms with van der Waals surface area (Å²) in [6.07, 6.45) is 0.614. The lowest BCUT2D eigenvalue weighted by atomic mass is 10.0. The van der Waals surface area contributed by atoms with Gasteiger partial charge in [-0.3, -0.25) is 4.79 Å². The first-order chi connectivity index (χ1) is 14.5. The van der Waals surface area contributed by atoms with Gasteiger partial charge in [-0.05, 0) is 36.4 Å². The van der Waals surface area contributed by atoms with Crippen LogP contribution in [0.25, 0.3) is 11.3 Å². The fourth-order valence-corrected chi connectivity index (χ4v) is 3.73. The third-order valence-corrected chi connectivity index (χ3v) is 5.39. The molecule has 2 aromatic carbocycles. The van der Waals surface area contributed by atoms with Crippen molar-refractivity contribution < 1.29 is 23.5 Å². The first-order valence-electron chi connectivity index (χ1n) is 9.38. The van der Waals surface area contributed by atoms with Gasteiger partial charge < -0.3 is 23.6 Å². The summed E-state index contributed by atoms with van der Waals surface area (Å²) in [4.78, 5) is 15.0. The Kier molecular flexibility index (Phi) is 5.55. The number of carbonyl (C=O) groups is 1. The maximum atomic E-state index is 13.3. The van der Waals surface area contributed by atoms with Crippen molar-refractivity contribution >= 4 is 17.5 Å². The van der Waals surface area contributed by atoms with Crippen LogP contribution in [0.15, 0.2) is 40.9 Å². The highest BCUT2D eigenvalue weighted by Gasteiger charge is 2.29. The monoisotopic (exact) mass is 428 g/mol. The smallest absolute Gasteiger partial charge is 0.254 e. The standard InChI is InChI=1S/C22H21ClN2O5/c1-27-18-10-14(11-19(28-2)21(18)29-3)22(26)25-9-8-17-16(12-25)20(30-24-17)13-4-6-15(23)7-5-13/h4-7,10-11H,8-9,12H2,1-3H3. The molecule has 30 heavy (non-hydrogen) atoms. The van der Waals surface area contributed by atoms with Gasteiger partial charge in [-0.25, -0.2) is 0 Å². The van der Waals surface area contributed by atoms with Gasteiger partial charge in [0.2, 0.25) is 5.75 Å². The van der Waals surface area contributed by atoms with Crippen molar-refractivity contribution in [1.29, 1.82) is 0 Å². The molecule has 1 aromatic heterocycles. The Morgan fingerprint density at radius 2 is 1.73 bits per heavy atom. The zero-order valence-electron chi connectivity index (χ0n) is 16.9. The van der Waals surface area contributed by atoms with Crippen LogP contribution < -0.4 is 14.2 Å². The quantitative estimate of drug-likeness (QED) is 0.605. The summed E-state index contributed by atoms with van der Waals surface area (Å²) in [5, 5.41) is 4.84. The Morgan fingerprint density at radius 3 is 2.33 bits per heavy atom. The minimum Gasteiger partial charge on any atom is -0.493 e. The number of benzene rings is 2. The van der Waals surface area contributed by atoms with Crippen LogP contribution in [-0.4, -0.2) is 43.8 Å². The van der Waals surface area contributed by atoms with Gasteiger partial charge >= 0.3 is 0 Å². The molecule has 0 atom stereocenters. The molecular formula is C22H21ClN2O5. The lowest BCUT2D eigenvalue weighted by molar-refractivity contribution is 0.0733. The van der Waals surface area contributed by atoms with Crippen LogP contribution in [0.4, 0.5) is 0 Å². The molecule has 0 aliphatic carbocycles. The summed E-state index contributed by atoms with van der Waals surface area (Å²) in [7, 11) is 4.57. The predicted molar refractivity (Wildman–Crippen MR) is 111 cm³/mol. The minimum absolute atomic E-state index is 0.136. The molecule has 2 heterocycles. The zero-order chi connectivity index (χ0) is 21.3. The highest BCUT2D eigenvalue weighted by atomic mass is 35.5. The summed E-state index contributed by atoms with van der Waals surface area (Å²) in [5.41, 5.74) is 3.10.